The number of hydrogen-bond acceptors (Lipinski definition) is 4. The number of hydrogen-bond donors (Lipinski definition) is 1. The SMILES string of the molecule is CCNc1nc(Cc2ccc(Cl)cc2)ns1. The zero-order valence-corrected chi connectivity index (χ0v) is 10.5. The predicted octanol–water partition coefficient (Wildman–Crippen LogP) is 3.21. The van der Waals surface area contributed by atoms with E-state index in [1.165, 1.54) is 17.1 Å². The molecule has 1 aromatic heterocycles. The molecule has 0 bridgehead atoms. The Kier molecular flexibility index (Phi) is 3.74. The molecule has 0 aliphatic rings. The lowest BCUT2D eigenvalue weighted by Crippen LogP contribution is -1.96. The monoisotopic (exact) mass is 253 g/mol. The minimum Gasteiger partial charge on any atom is -0.361 e. The molecule has 0 spiro atoms. The first-order chi connectivity index (χ1) is 7.78. The third-order valence-corrected chi connectivity index (χ3v) is 3.03. The Labute approximate surface area is 104 Å². The molecular formula is C11H12ClN3S. The van der Waals surface area contributed by atoms with Crippen LogP contribution in [0.25, 0.3) is 0 Å². The summed E-state index contributed by atoms with van der Waals surface area (Å²) in [6.45, 7) is 2.91. The summed E-state index contributed by atoms with van der Waals surface area (Å²) in [4.78, 5) is 4.38. The van der Waals surface area contributed by atoms with Gasteiger partial charge in [0, 0.05) is 29.5 Å². The second-order valence-electron chi connectivity index (χ2n) is 3.35. The van der Waals surface area contributed by atoms with Gasteiger partial charge in [-0.2, -0.15) is 4.37 Å². The molecule has 1 heterocycles. The fraction of sp³-hybridized carbons (Fsp3) is 0.273. The maximum Gasteiger partial charge on any atom is 0.202 e. The third kappa shape index (κ3) is 2.93. The highest BCUT2D eigenvalue weighted by Crippen LogP contribution is 2.15. The van der Waals surface area contributed by atoms with Gasteiger partial charge in [0.1, 0.15) is 5.82 Å². The summed E-state index contributed by atoms with van der Waals surface area (Å²) < 4.78 is 4.29. The van der Waals surface area contributed by atoms with Crippen molar-refractivity contribution in [1.82, 2.24) is 9.36 Å². The Hall–Kier alpha value is -1.13. The zero-order chi connectivity index (χ0) is 11.4. The van der Waals surface area contributed by atoms with E-state index >= 15 is 0 Å². The summed E-state index contributed by atoms with van der Waals surface area (Å²) >= 11 is 7.22. The molecule has 2 rings (SSSR count). The van der Waals surface area contributed by atoms with E-state index in [1.807, 2.05) is 31.2 Å². The summed E-state index contributed by atoms with van der Waals surface area (Å²) in [5.41, 5.74) is 1.17. The fourth-order valence-corrected chi connectivity index (χ4v) is 2.11. The second-order valence-corrected chi connectivity index (χ2v) is 4.54. The van der Waals surface area contributed by atoms with Crippen LogP contribution in [0, 0.1) is 0 Å². The topological polar surface area (TPSA) is 37.8 Å². The summed E-state index contributed by atoms with van der Waals surface area (Å²) in [7, 11) is 0. The van der Waals surface area contributed by atoms with Crippen molar-refractivity contribution >= 4 is 28.3 Å². The molecule has 0 unspecified atom stereocenters. The number of rotatable bonds is 4. The zero-order valence-electron chi connectivity index (χ0n) is 8.90. The molecule has 1 N–H and O–H groups in total. The van der Waals surface area contributed by atoms with Crippen molar-refractivity contribution in [2.75, 3.05) is 11.9 Å². The van der Waals surface area contributed by atoms with Crippen molar-refractivity contribution in [3.63, 3.8) is 0 Å². The maximum absolute atomic E-state index is 5.82. The first kappa shape index (κ1) is 11.4. The van der Waals surface area contributed by atoms with Crippen LogP contribution in [-0.2, 0) is 6.42 Å². The number of nitrogens with one attached hydrogen (secondary N) is 1. The Bertz CT molecular complexity index is 453. The molecule has 0 radical (unpaired) electrons. The standard InChI is InChI=1S/C11H12ClN3S/c1-2-13-11-14-10(15-16-11)7-8-3-5-9(12)6-4-8/h3-6H,2,7H2,1H3,(H,13,14,15). The highest BCUT2D eigenvalue weighted by Gasteiger charge is 2.03. The fourth-order valence-electron chi connectivity index (χ4n) is 1.33. The Morgan fingerprint density at radius 1 is 1.31 bits per heavy atom. The molecule has 1 aromatic carbocycles. The minimum atomic E-state index is 0.749. The lowest BCUT2D eigenvalue weighted by atomic mass is 10.1. The van der Waals surface area contributed by atoms with Crippen LogP contribution in [0.15, 0.2) is 24.3 Å². The van der Waals surface area contributed by atoms with Crippen LogP contribution in [0.3, 0.4) is 0 Å². The van der Waals surface area contributed by atoms with Crippen molar-refractivity contribution in [2.24, 2.45) is 0 Å². The number of aromatic nitrogens is 2. The molecule has 5 heteroatoms. The van der Waals surface area contributed by atoms with Crippen LogP contribution < -0.4 is 5.32 Å². The second kappa shape index (κ2) is 5.27. The van der Waals surface area contributed by atoms with Gasteiger partial charge in [-0.1, -0.05) is 23.7 Å². The molecule has 84 valence electrons. The molecule has 0 saturated carbocycles. The van der Waals surface area contributed by atoms with Gasteiger partial charge in [0.05, 0.1) is 0 Å². The van der Waals surface area contributed by atoms with Crippen LogP contribution in [0.2, 0.25) is 5.02 Å². The molecule has 0 aliphatic heterocycles. The summed E-state index contributed by atoms with van der Waals surface area (Å²) in [5, 5.41) is 4.78. The normalized spacial score (nSPS) is 10.4. The van der Waals surface area contributed by atoms with Gasteiger partial charge in [-0.25, -0.2) is 4.98 Å². The van der Waals surface area contributed by atoms with E-state index in [4.69, 9.17) is 11.6 Å². The minimum absolute atomic E-state index is 0.749. The summed E-state index contributed by atoms with van der Waals surface area (Å²) in [6.07, 6.45) is 0.749. The van der Waals surface area contributed by atoms with Gasteiger partial charge in [-0.05, 0) is 24.6 Å². The highest BCUT2D eigenvalue weighted by molar-refractivity contribution is 7.09. The average Bonchev–Trinajstić information content (AvgIpc) is 2.70. The van der Waals surface area contributed by atoms with Gasteiger partial charge in [-0.15, -0.1) is 0 Å². The number of nitrogens with zero attached hydrogens (tertiary/aromatic N) is 2. The highest BCUT2D eigenvalue weighted by atomic mass is 35.5. The lowest BCUT2D eigenvalue weighted by Gasteiger charge is -1.97. The molecule has 16 heavy (non-hydrogen) atoms. The molecule has 0 aliphatic carbocycles. The van der Waals surface area contributed by atoms with Gasteiger partial charge in [0.25, 0.3) is 0 Å². The Morgan fingerprint density at radius 2 is 2.06 bits per heavy atom. The van der Waals surface area contributed by atoms with Crippen molar-refractivity contribution in [3.8, 4) is 0 Å². The van der Waals surface area contributed by atoms with E-state index in [1.54, 1.807) is 0 Å². The van der Waals surface area contributed by atoms with E-state index < -0.39 is 0 Å². The molecule has 0 atom stereocenters. The number of anilines is 1. The van der Waals surface area contributed by atoms with Crippen molar-refractivity contribution in [3.05, 3.63) is 40.7 Å². The van der Waals surface area contributed by atoms with Crippen LogP contribution >= 0.6 is 23.1 Å². The average molecular weight is 254 g/mol. The van der Waals surface area contributed by atoms with Crippen LogP contribution in [0.5, 0.6) is 0 Å². The summed E-state index contributed by atoms with van der Waals surface area (Å²) in [5.74, 6) is 0.850. The summed E-state index contributed by atoms with van der Waals surface area (Å²) in [6, 6.07) is 7.76. The third-order valence-electron chi connectivity index (χ3n) is 2.07. The molecular weight excluding hydrogens is 242 g/mol. The maximum atomic E-state index is 5.82. The molecule has 2 aromatic rings. The van der Waals surface area contributed by atoms with Crippen molar-refractivity contribution in [2.45, 2.75) is 13.3 Å². The predicted molar refractivity (Wildman–Crippen MR) is 68.3 cm³/mol. The van der Waals surface area contributed by atoms with Crippen molar-refractivity contribution < 1.29 is 0 Å². The quantitative estimate of drug-likeness (QED) is 0.909. The molecule has 0 amide bonds. The van der Waals surface area contributed by atoms with Gasteiger partial charge in [0.15, 0.2) is 0 Å². The Balaban J connectivity index is 2.05. The first-order valence-electron chi connectivity index (χ1n) is 5.09. The van der Waals surface area contributed by atoms with Crippen LogP contribution in [0.1, 0.15) is 18.3 Å². The van der Waals surface area contributed by atoms with E-state index in [0.717, 1.165) is 28.9 Å². The van der Waals surface area contributed by atoms with Gasteiger partial charge < -0.3 is 5.32 Å². The van der Waals surface area contributed by atoms with E-state index in [0.29, 0.717) is 0 Å². The van der Waals surface area contributed by atoms with Crippen molar-refractivity contribution in [1.29, 1.82) is 0 Å². The largest absolute Gasteiger partial charge is 0.361 e. The number of benzene rings is 1. The van der Waals surface area contributed by atoms with E-state index in [-0.39, 0.29) is 0 Å². The smallest absolute Gasteiger partial charge is 0.202 e. The number of halogens is 1. The molecule has 0 saturated heterocycles. The van der Waals surface area contributed by atoms with E-state index in [2.05, 4.69) is 14.7 Å². The molecule has 0 fully saturated rings. The van der Waals surface area contributed by atoms with Crippen LogP contribution in [0.4, 0.5) is 5.13 Å². The van der Waals surface area contributed by atoms with Crippen LogP contribution in [-0.4, -0.2) is 15.9 Å². The van der Waals surface area contributed by atoms with Gasteiger partial charge in [0.2, 0.25) is 5.13 Å². The van der Waals surface area contributed by atoms with Gasteiger partial charge in [-0.3, -0.25) is 0 Å². The van der Waals surface area contributed by atoms with Gasteiger partial charge >= 0.3 is 0 Å². The molecule has 3 nitrogen and oxygen atoms in total. The first-order valence-corrected chi connectivity index (χ1v) is 6.24. The van der Waals surface area contributed by atoms with E-state index in [9.17, 15) is 0 Å². The lowest BCUT2D eigenvalue weighted by molar-refractivity contribution is 1.03. The Morgan fingerprint density at radius 3 is 2.75 bits per heavy atom.